The molecule has 5 heteroatoms. The zero-order chi connectivity index (χ0) is 12.3. The van der Waals surface area contributed by atoms with Crippen molar-refractivity contribution in [2.75, 3.05) is 5.32 Å². The number of carboxylic acid groups (broad SMARTS) is 1. The summed E-state index contributed by atoms with van der Waals surface area (Å²) in [4.78, 5) is 11.0. The van der Waals surface area contributed by atoms with E-state index in [1.165, 1.54) is 0 Å². The van der Waals surface area contributed by atoms with Crippen LogP contribution in [0.4, 0.5) is 5.69 Å². The van der Waals surface area contributed by atoms with Crippen LogP contribution in [0.2, 0.25) is 0 Å². The molecule has 0 fully saturated rings. The van der Waals surface area contributed by atoms with Gasteiger partial charge in [0.25, 0.3) is 0 Å². The molecule has 0 unspecified atom stereocenters. The summed E-state index contributed by atoms with van der Waals surface area (Å²) in [7, 11) is 0. The highest BCUT2D eigenvalue weighted by molar-refractivity contribution is 14.1. The summed E-state index contributed by atoms with van der Waals surface area (Å²) in [5.74, 6) is -0.170. The first-order chi connectivity index (χ1) is 8.16. The molecule has 2 rings (SSSR count). The Kier molecular flexibility index (Phi) is 3.68. The van der Waals surface area contributed by atoms with E-state index in [-0.39, 0.29) is 5.56 Å². The smallest absolute Gasteiger partial charge is 0.337 e. The first kappa shape index (κ1) is 12.0. The molecule has 1 aromatic carbocycles. The molecule has 0 bridgehead atoms. The van der Waals surface area contributed by atoms with Crippen LogP contribution >= 0.6 is 22.6 Å². The van der Waals surface area contributed by atoms with Crippen molar-refractivity contribution in [1.82, 2.24) is 0 Å². The average Bonchev–Trinajstić information content (AvgIpc) is 2.73. The minimum Gasteiger partial charge on any atom is -0.478 e. The topological polar surface area (TPSA) is 62.5 Å². The number of rotatable bonds is 4. The molecule has 0 aliphatic carbocycles. The molecule has 0 atom stereocenters. The fraction of sp³-hybridized carbons (Fsp3) is 0.0833. The van der Waals surface area contributed by atoms with Gasteiger partial charge in [-0.15, -0.1) is 0 Å². The Labute approximate surface area is 112 Å². The number of nitrogens with one attached hydrogen (secondary N) is 1. The number of anilines is 1. The number of benzene rings is 1. The number of para-hydroxylation sites is 1. The first-order valence-electron chi connectivity index (χ1n) is 4.97. The number of halogens is 1. The number of carbonyl (C=O) groups is 1. The van der Waals surface area contributed by atoms with Gasteiger partial charge in [0.1, 0.15) is 5.76 Å². The minimum atomic E-state index is -0.942. The van der Waals surface area contributed by atoms with E-state index in [0.29, 0.717) is 12.2 Å². The molecule has 0 saturated heterocycles. The Morgan fingerprint density at radius 1 is 1.29 bits per heavy atom. The van der Waals surface area contributed by atoms with Crippen molar-refractivity contribution < 1.29 is 14.3 Å². The zero-order valence-electron chi connectivity index (χ0n) is 8.81. The Morgan fingerprint density at radius 3 is 2.71 bits per heavy atom. The molecule has 0 amide bonds. The summed E-state index contributed by atoms with van der Waals surface area (Å²) in [5.41, 5.74) is 0.847. The van der Waals surface area contributed by atoms with Crippen LogP contribution in [0, 0.1) is 3.77 Å². The molecular weight excluding hydrogens is 333 g/mol. The normalized spacial score (nSPS) is 10.2. The van der Waals surface area contributed by atoms with E-state index < -0.39 is 5.97 Å². The van der Waals surface area contributed by atoms with Crippen LogP contribution in [0.25, 0.3) is 0 Å². The highest BCUT2D eigenvalue weighted by atomic mass is 127. The van der Waals surface area contributed by atoms with Gasteiger partial charge in [0.15, 0.2) is 3.77 Å². The van der Waals surface area contributed by atoms with Gasteiger partial charge in [0.2, 0.25) is 0 Å². The van der Waals surface area contributed by atoms with Crippen LogP contribution in [0.1, 0.15) is 16.1 Å². The summed E-state index contributed by atoms with van der Waals surface area (Å²) in [6.07, 6.45) is 0. The molecule has 0 radical (unpaired) electrons. The van der Waals surface area contributed by atoms with Gasteiger partial charge in [-0.1, -0.05) is 12.1 Å². The lowest BCUT2D eigenvalue weighted by atomic mass is 10.2. The molecule has 88 valence electrons. The van der Waals surface area contributed by atoms with Crippen molar-refractivity contribution in [3.05, 3.63) is 51.5 Å². The van der Waals surface area contributed by atoms with Crippen LogP contribution in [-0.2, 0) is 6.54 Å². The molecule has 0 aliphatic heterocycles. The summed E-state index contributed by atoms with van der Waals surface area (Å²) in [5, 5.41) is 12.0. The monoisotopic (exact) mass is 343 g/mol. The number of aromatic carboxylic acids is 1. The fourth-order valence-corrected chi connectivity index (χ4v) is 1.92. The third kappa shape index (κ3) is 3.00. The maximum absolute atomic E-state index is 11.0. The van der Waals surface area contributed by atoms with Crippen molar-refractivity contribution in [3.63, 3.8) is 0 Å². The number of furan rings is 1. The average molecular weight is 343 g/mol. The van der Waals surface area contributed by atoms with E-state index in [1.54, 1.807) is 24.3 Å². The molecule has 0 spiro atoms. The summed E-state index contributed by atoms with van der Waals surface area (Å²) in [6.45, 7) is 0.466. The molecule has 2 aromatic rings. The van der Waals surface area contributed by atoms with Gasteiger partial charge in [0, 0.05) is 5.69 Å². The second kappa shape index (κ2) is 5.22. The van der Waals surface area contributed by atoms with Gasteiger partial charge in [-0.25, -0.2) is 4.79 Å². The van der Waals surface area contributed by atoms with Gasteiger partial charge in [0.05, 0.1) is 12.1 Å². The quantitative estimate of drug-likeness (QED) is 0.837. The highest BCUT2D eigenvalue weighted by Crippen LogP contribution is 2.17. The summed E-state index contributed by atoms with van der Waals surface area (Å²) in [6, 6.07) is 10.5. The van der Waals surface area contributed by atoms with Gasteiger partial charge in [-0.2, -0.15) is 0 Å². The number of carboxylic acids is 1. The van der Waals surface area contributed by atoms with Crippen LogP contribution < -0.4 is 5.32 Å². The van der Waals surface area contributed by atoms with Gasteiger partial charge in [-0.3, -0.25) is 0 Å². The van der Waals surface area contributed by atoms with E-state index >= 15 is 0 Å². The predicted molar refractivity (Wildman–Crippen MR) is 72.2 cm³/mol. The van der Waals surface area contributed by atoms with Gasteiger partial charge >= 0.3 is 5.97 Å². The second-order valence-corrected chi connectivity index (χ2v) is 4.47. The van der Waals surface area contributed by atoms with Crippen LogP contribution in [-0.4, -0.2) is 11.1 Å². The molecule has 2 N–H and O–H groups in total. The van der Waals surface area contributed by atoms with Crippen LogP contribution in [0.5, 0.6) is 0 Å². The summed E-state index contributed by atoms with van der Waals surface area (Å²) < 4.78 is 6.19. The lowest BCUT2D eigenvalue weighted by molar-refractivity contribution is 0.0698. The van der Waals surface area contributed by atoms with E-state index in [0.717, 1.165) is 9.53 Å². The molecule has 17 heavy (non-hydrogen) atoms. The third-order valence-corrected chi connectivity index (χ3v) is 2.82. The van der Waals surface area contributed by atoms with Gasteiger partial charge in [-0.05, 0) is 46.9 Å². The van der Waals surface area contributed by atoms with E-state index in [2.05, 4.69) is 27.9 Å². The SMILES string of the molecule is O=C(O)c1ccccc1NCc1ccc(I)o1. The number of hydrogen-bond donors (Lipinski definition) is 2. The van der Waals surface area contributed by atoms with E-state index in [1.807, 2.05) is 12.1 Å². The molecule has 0 aliphatic rings. The first-order valence-corrected chi connectivity index (χ1v) is 6.05. The molecule has 0 saturated carbocycles. The molecule has 1 heterocycles. The third-order valence-electron chi connectivity index (χ3n) is 2.24. The lowest BCUT2D eigenvalue weighted by Crippen LogP contribution is -2.05. The zero-order valence-corrected chi connectivity index (χ0v) is 11.0. The van der Waals surface area contributed by atoms with Crippen LogP contribution in [0.15, 0.2) is 40.8 Å². The predicted octanol–water partition coefficient (Wildman–Crippen LogP) is 3.19. The van der Waals surface area contributed by atoms with E-state index in [4.69, 9.17) is 9.52 Å². The van der Waals surface area contributed by atoms with Crippen LogP contribution in [0.3, 0.4) is 0 Å². The van der Waals surface area contributed by atoms with Gasteiger partial charge < -0.3 is 14.8 Å². The van der Waals surface area contributed by atoms with Crippen molar-refractivity contribution >= 4 is 34.2 Å². The molecule has 4 nitrogen and oxygen atoms in total. The van der Waals surface area contributed by atoms with E-state index in [9.17, 15) is 4.79 Å². The Bertz CT molecular complexity index is 536. The Balaban J connectivity index is 2.11. The Hall–Kier alpha value is -1.50. The largest absolute Gasteiger partial charge is 0.478 e. The minimum absolute atomic E-state index is 0.258. The molecular formula is C12H10INO3. The number of hydrogen-bond acceptors (Lipinski definition) is 3. The lowest BCUT2D eigenvalue weighted by Gasteiger charge is -2.07. The Morgan fingerprint density at radius 2 is 2.06 bits per heavy atom. The maximum Gasteiger partial charge on any atom is 0.337 e. The van der Waals surface area contributed by atoms with Crippen molar-refractivity contribution in [2.45, 2.75) is 6.54 Å². The fourth-order valence-electron chi connectivity index (χ4n) is 1.45. The maximum atomic E-state index is 11.0. The highest BCUT2D eigenvalue weighted by Gasteiger charge is 2.08. The molecule has 1 aromatic heterocycles. The second-order valence-electron chi connectivity index (χ2n) is 3.41. The standard InChI is InChI=1S/C12H10INO3/c13-11-6-5-8(17-11)7-14-10-4-2-1-3-9(10)12(15)16/h1-6,14H,7H2,(H,15,16). The van der Waals surface area contributed by atoms with Crippen molar-refractivity contribution in [3.8, 4) is 0 Å². The van der Waals surface area contributed by atoms with Crippen molar-refractivity contribution in [1.29, 1.82) is 0 Å². The summed E-state index contributed by atoms with van der Waals surface area (Å²) >= 11 is 2.08. The van der Waals surface area contributed by atoms with Crippen molar-refractivity contribution in [2.24, 2.45) is 0 Å².